The molecule has 0 saturated heterocycles. The second kappa shape index (κ2) is 22.4. The fraction of sp³-hybridized carbons (Fsp3) is 0. The Hall–Kier alpha value is 0.683. The van der Waals surface area contributed by atoms with Gasteiger partial charge in [0.25, 0.3) is 0 Å². The van der Waals surface area contributed by atoms with Crippen molar-refractivity contribution in [2.24, 2.45) is 0 Å². The third-order valence-electron chi connectivity index (χ3n) is 0. The van der Waals surface area contributed by atoms with Crippen molar-refractivity contribution in [1.29, 1.82) is 0 Å². The van der Waals surface area contributed by atoms with Crippen LogP contribution in [0.5, 0.6) is 0 Å². The number of rotatable bonds is 0. The molecule has 0 fully saturated rings. The smallest absolute Gasteiger partial charge is 0.772 e. The van der Waals surface area contributed by atoms with E-state index in [9.17, 15) is 0 Å². The molecule has 5 heavy (non-hydrogen) atoms. The SMILES string of the molecule is O=P[O-].[CH3-].[Zn+2]. The maximum atomic E-state index is 8.35. The first-order valence-corrected chi connectivity index (χ1v) is 1.10. The molecule has 0 heterocycles. The number of hydrogen-bond donors (Lipinski definition) is 0. The Bertz CT molecular complexity index is 17.1. The van der Waals surface area contributed by atoms with Crippen molar-refractivity contribution < 1.29 is 28.9 Å². The molecular weight excluding hydrogens is 140 g/mol. The van der Waals surface area contributed by atoms with Gasteiger partial charge in [0.15, 0.2) is 0 Å². The first kappa shape index (κ1) is 17.3. The summed E-state index contributed by atoms with van der Waals surface area (Å²) in [6.45, 7) is 0. The van der Waals surface area contributed by atoms with Gasteiger partial charge in [-0.1, -0.05) is 0 Å². The molecule has 0 aliphatic heterocycles. The average Bonchev–Trinajstić information content (AvgIpc) is 0.918. The van der Waals surface area contributed by atoms with Crippen LogP contribution in [0.15, 0.2) is 0 Å². The van der Waals surface area contributed by atoms with Crippen LogP contribution in [0.2, 0.25) is 0 Å². The van der Waals surface area contributed by atoms with Crippen molar-refractivity contribution in [3.63, 3.8) is 0 Å². The summed E-state index contributed by atoms with van der Waals surface area (Å²) in [7, 11) is -1.08. The Kier molecular flexibility index (Phi) is 77.6. The molecule has 0 atom stereocenters. The number of hydrogen-bond acceptors (Lipinski definition) is 2. The van der Waals surface area contributed by atoms with Gasteiger partial charge in [-0.3, -0.25) is 4.57 Å². The molecule has 0 aliphatic rings. The molecule has 0 aliphatic carbocycles. The predicted molar refractivity (Wildman–Crippen MR) is 14.0 cm³/mol. The van der Waals surface area contributed by atoms with Crippen LogP contribution < -0.4 is 4.89 Å². The Morgan fingerprint density at radius 3 is 1.60 bits per heavy atom. The molecule has 26 valence electrons. The van der Waals surface area contributed by atoms with E-state index in [2.05, 4.69) is 0 Å². The third-order valence-corrected chi connectivity index (χ3v) is 0. The summed E-state index contributed by atoms with van der Waals surface area (Å²) in [5.41, 5.74) is 0. The molecular formula is CH3O2PZn. The summed E-state index contributed by atoms with van der Waals surface area (Å²) in [6.07, 6.45) is 0. The van der Waals surface area contributed by atoms with Gasteiger partial charge in [-0.25, -0.2) is 0 Å². The first-order valence-electron chi connectivity index (χ1n) is 0.365. The van der Waals surface area contributed by atoms with Crippen LogP contribution >= 0.6 is 8.69 Å². The molecule has 4 heteroatoms. The molecule has 0 bridgehead atoms. The summed E-state index contributed by atoms with van der Waals surface area (Å²) in [5, 5.41) is 0. The van der Waals surface area contributed by atoms with Gasteiger partial charge in [0, 0.05) is 0 Å². The second-order valence-corrected chi connectivity index (χ2v) is 0.224. The van der Waals surface area contributed by atoms with Gasteiger partial charge in [0.2, 0.25) is 0 Å². The van der Waals surface area contributed by atoms with Crippen molar-refractivity contribution in [3.8, 4) is 0 Å². The third kappa shape index (κ3) is 72.2. The van der Waals surface area contributed by atoms with Gasteiger partial charge in [0.05, 0.1) is 8.69 Å². The van der Waals surface area contributed by atoms with Crippen molar-refractivity contribution in [3.05, 3.63) is 7.43 Å². The molecule has 0 saturated carbocycles. The molecule has 0 aromatic heterocycles. The van der Waals surface area contributed by atoms with Crippen LogP contribution in [0.1, 0.15) is 0 Å². The fourth-order valence-corrected chi connectivity index (χ4v) is 0. The fourth-order valence-electron chi connectivity index (χ4n) is 0. The van der Waals surface area contributed by atoms with Gasteiger partial charge in [-0.05, 0) is 0 Å². The van der Waals surface area contributed by atoms with E-state index in [1.54, 1.807) is 0 Å². The van der Waals surface area contributed by atoms with Crippen LogP contribution in [-0.4, -0.2) is 0 Å². The Labute approximate surface area is 45.6 Å². The molecule has 0 aromatic carbocycles. The average molecular weight is 143 g/mol. The first-order chi connectivity index (χ1) is 1.41. The summed E-state index contributed by atoms with van der Waals surface area (Å²) < 4.78 is 8.35. The van der Waals surface area contributed by atoms with E-state index in [0.717, 1.165) is 0 Å². The molecule has 0 radical (unpaired) electrons. The Morgan fingerprint density at radius 2 is 1.60 bits per heavy atom. The summed E-state index contributed by atoms with van der Waals surface area (Å²) >= 11 is 0. The molecule has 0 aromatic rings. The minimum absolute atomic E-state index is 0. The van der Waals surface area contributed by atoms with Crippen molar-refractivity contribution >= 4 is 8.69 Å². The Morgan fingerprint density at radius 1 is 1.60 bits per heavy atom. The zero-order valence-corrected chi connectivity index (χ0v) is 6.83. The maximum Gasteiger partial charge on any atom is 2.00 e. The zero-order valence-electron chi connectivity index (χ0n) is 2.97. The second-order valence-electron chi connectivity index (χ2n) is 0.0745. The monoisotopic (exact) mass is 142 g/mol. The summed E-state index contributed by atoms with van der Waals surface area (Å²) in [5.74, 6) is 0. The van der Waals surface area contributed by atoms with Crippen LogP contribution in [0.4, 0.5) is 0 Å². The van der Waals surface area contributed by atoms with Crippen LogP contribution in [0.25, 0.3) is 0 Å². The van der Waals surface area contributed by atoms with Crippen LogP contribution in [0.3, 0.4) is 0 Å². The standard InChI is InChI=1S/CH3.HO2P.Zn/c;1-3-2;/h1H3;(H,1,2);/q-1;;+2/p-1. The van der Waals surface area contributed by atoms with Crippen molar-refractivity contribution in [2.75, 3.05) is 0 Å². The Balaban J connectivity index is -0.0000000200. The van der Waals surface area contributed by atoms with E-state index >= 15 is 0 Å². The largest absolute Gasteiger partial charge is 2.00 e. The van der Waals surface area contributed by atoms with Crippen molar-refractivity contribution in [2.45, 2.75) is 0 Å². The van der Waals surface area contributed by atoms with Crippen LogP contribution in [0, 0.1) is 7.43 Å². The molecule has 2 nitrogen and oxygen atoms in total. The van der Waals surface area contributed by atoms with Gasteiger partial charge < -0.3 is 12.3 Å². The molecule has 0 spiro atoms. The van der Waals surface area contributed by atoms with Gasteiger partial charge >= 0.3 is 19.5 Å². The maximum absolute atomic E-state index is 8.35. The minimum Gasteiger partial charge on any atom is -0.772 e. The molecule has 0 amide bonds. The molecule has 0 unspecified atom stereocenters. The quantitative estimate of drug-likeness (QED) is 0.272. The van der Waals surface area contributed by atoms with E-state index in [0.29, 0.717) is 0 Å². The van der Waals surface area contributed by atoms with E-state index in [4.69, 9.17) is 9.46 Å². The molecule has 0 rings (SSSR count). The van der Waals surface area contributed by atoms with Gasteiger partial charge in [-0.15, -0.1) is 0 Å². The van der Waals surface area contributed by atoms with Gasteiger partial charge in [0.1, 0.15) is 0 Å². The summed E-state index contributed by atoms with van der Waals surface area (Å²) in [6, 6.07) is 0. The van der Waals surface area contributed by atoms with E-state index < -0.39 is 8.69 Å². The predicted octanol–water partition coefficient (Wildman–Crippen LogP) is 0.00119. The van der Waals surface area contributed by atoms with E-state index in [1.165, 1.54) is 0 Å². The normalized spacial score (nSPS) is 4.20. The minimum atomic E-state index is -1.08. The zero-order chi connectivity index (χ0) is 2.71. The van der Waals surface area contributed by atoms with E-state index in [1.807, 2.05) is 0 Å². The van der Waals surface area contributed by atoms with Crippen molar-refractivity contribution in [1.82, 2.24) is 0 Å². The van der Waals surface area contributed by atoms with E-state index in [-0.39, 0.29) is 26.9 Å². The summed E-state index contributed by atoms with van der Waals surface area (Å²) in [4.78, 5) is 8.35. The topological polar surface area (TPSA) is 40.1 Å². The van der Waals surface area contributed by atoms with Crippen LogP contribution in [-0.2, 0) is 24.0 Å². The molecule has 0 N–H and O–H groups in total. The van der Waals surface area contributed by atoms with Gasteiger partial charge in [-0.2, -0.15) is 0 Å².